The molecule has 0 aromatic heterocycles. The molecule has 1 aliphatic carbocycles. The molecule has 0 amide bonds. The third kappa shape index (κ3) is 0.978. The molecule has 0 saturated heterocycles. The lowest BCUT2D eigenvalue weighted by atomic mass is 9.90. The van der Waals surface area contributed by atoms with Gasteiger partial charge in [-0.25, -0.2) is 0 Å². The molecule has 0 spiro atoms. The second-order valence-electron chi connectivity index (χ2n) is 2.92. The van der Waals surface area contributed by atoms with Gasteiger partial charge in [0.05, 0.1) is 12.1 Å². The van der Waals surface area contributed by atoms with Gasteiger partial charge in [0.15, 0.2) is 11.9 Å². The number of fused-ring (bicyclic) bond motifs is 1. The summed E-state index contributed by atoms with van der Waals surface area (Å²) in [7, 11) is 0. The number of hydrogen-bond acceptors (Lipinski definition) is 3. The van der Waals surface area contributed by atoms with E-state index in [0.717, 1.165) is 0 Å². The normalized spacial score (nSPS) is 30.9. The number of nitrogens with zero attached hydrogens (tertiary/aromatic N) is 1. The molecule has 0 aromatic rings. The summed E-state index contributed by atoms with van der Waals surface area (Å²) in [4.78, 5) is 16.2. The Balaban J connectivity index is 2.30. The lowest BCUT2D eigenvalue weighted by molar-refractivity contribution is -0.115. The second kappa shape index (κ2) is 2.59. The summed E-state index contributed by atoms with van der Waals surface area (Å²) in [5.41, 5.74) is 0.708. The van der Waals surface area contributed by atoms with E-state index >= 15 is 0 Å². The quantitative estimate of drug-likeness (QED) is 0.580. The lowest BCUT2D eigenvalue weighted by Gasteiger charge is -2.17. The maximum atomic E-state index is 11.1. The Kier molecular flexibility index (Phi) is 1.57. The Labute approximate surface area is 70.4 Å². The predicted molar refractivity (Wildman–Crippen MR) is 44.8 cm³/mol. The van der Waals surface area contributed by atoms with E-state index in [2.05, 4.69) is 5.16 Å². The third-order valence-electron chi connectivity index (χ3n) is 2.08. The fraction of sp³-hybridized carbons (Fsp3) is 0.333. The fourth-order valence-corrected chi connectivity index (χ4v) is 1.43. The van der Waals surface area contributed by atoms with Gasteiger partial charge < -0.3 is 4.84 Å². The third-order valence-corrected chi connectivity index (χ3v) is 2.08. The van der Waals surface area contributed by atoms with E-state index in [4.69, 9.17) is 4.84 Å². The van der Waals surface area contributed by atoms with Crippen LogP contribution < -0.4 is 0 Å². The number of ketones is 1. The van der Waals surface area contributed by atoms with Gasteiger partial charge in [-0.05, 0) is 6.92 Å². The van der Waals surface area contributed by atoms with Crippen molar-refractivity contribution < 1.29 is 9.63 Å². The zero-order chi connectivity index (χ0) is 8.55. The van der Waals surface area contributed by atoms with E-state index in [9.17, 15) is 4.79 Å². The van der Waals surface area contributed by atoms with Gasteiger partial charge in [0, 0.05) is 5.57 Å². The highest BCUT2D eigenvalue weighted by Crippen LogP contribution is 2.25. The van der Waals surface area contributed by atoms with Crippen LogP contribution in [0.3, 0.4) is 0 Å². The zero-order valence-electron chi connectivity index (χ0n) is 6.73. The molecule has 0 radical (unpaired) electrons. The maximum Gasteiger partial charge on any atom is 0.167 e. The molecule has 0 saturated carbocycles. The van der Waals surface area contributed by atoms with E-state index in [0.29, 0.717) is 5.57 Å². The van der Waals surface area contributed by atoms with Crippen LogP contribution in [0.5, 0.6) is 0 Å². The monoisotopic (exact) mass is 163 g/mol. The van der Waals surface area contributed by atoms with Gasteiger partial charge in [0.1, 0.15) is 0 Å². The molecule has 0 bridgehead atoms. The summed E-state index contributed by atoms with van der Waals surface area (Å²) in [6.45, 7) is 1.55. The molecule has 3 nitrogen and oxygen atoms in total. The maximum absolute atomic E-state index is 11.1. The van der Waals surface area contributed by atoms with Gasteiger partial charge in [-0.3, -0.25) is 4.79 Å². The second-order valence-corrected chi connectivity index (χ2v) is 2.92. The SMILES string of the molecule is CC(=O)C1=CC=CC2C=NOC12. The van der Waals surface area contributed by atoms with Crippen molar-refractivity contribution >= 4 is 12.0 Å². The highest BCUT2D eigenvalue weighted by Gasteiger charge is 2.31. The highest BCUT2D eigenvalue weighted by molar-refractivity contribution is 5.96. The number of oxime groups is 1. The molecule has 2 aliphatic rings. The van der Waals surface area contributed by atoms with Gasteiger partial charge in [-0.2, -0.15) is 0 Å². The minimum Gasteiger partial charge on any atom is -0.387 e. The molecule has 1 heterocycles. The smallest absolute Gasteiger partial charge is 0.167 e. The van der Waals surface area contributed by atoms with Gasteiger partial charge in [0.2, 0.25) is 0 Å². The summed E-state index contributed by atoms with van der Waals surface area (Å²) < 4.78 is 0. The van der Waals surface area contributed by atoms with Crippen molar-refractivity contribution in [1.82, 2.24) is 0 Å². The molecular weight excluding hydrogens is 154 g/mol. The minimum absolute atomic E-state index is 0.0554. The van der Waals surface area contributed by atoms with Gasteiger partial charge >= 0.3 is 0 Å². The molecule has 0 aromatic carbocycles. The van der Waals surface area contributed by atoms with E-state index in [1.165, 1.54) is 0 Å². The Morgan fingerprint density at radius 1 is 1.67 bits per heavy atom. The first kappa shape index (κ1) is 7.28. The molecule has 2 rings (SSSR count). The number of carbonyl (C=O) groups is 1. The van der Waals surface area contributed by atoms with Crippen LogP contribution in [0.2, 0.25) is 0 Å². The lowest BCUT2D eigenvalue weighted by Crippen LogP contribution is -2.25. The Morgan fingerprint density at radius 3 is 3.25 bits per heavy atom. The predicted octanol–water partition coefficient (Wildman–Crippen LogP) is 1.07. The van der Waals surface area contributed by atoms with Crippen molar-refractivity contribution in [2.45, 2.75) is 13.0 Å². The van der Waals surface area contributed by atoms with Gasteiger partial charge in [-0.15, -0.1) is 0 Å². The number of allylic oxidation sites excluding steroid dienone is 2. The molecule has 2 atom stereocenters. The van der Waals surface area contributed by atoms with E-state index in [-0.39, 0.29) is 17.8 Å². The molecular formula is C9H9NO2. The Morgan fingerprint density at radius 2 is 2.50 bits per heavy atom. The van der Waals surface area contributed by atoms with Crippen LogP contribution in [0.15, 0.2) is 29.0 Å². The molecule has 2 unspecified atom stereocenters. The van der Waals surface area contributed by atoms with Crippen LogP contribution >= 0.6 is 0 Å². The van der Waals surface area contributed by atoms with Crippen LogP contribution in [-0.2, 0) is 9.63 Å². The summed E-state index contributed by atoms with van der Waals surface area (Å²) in [5.74, 6) is 0.203. The van der Waals surface area contributed by atoms with Crippen LogP contribution in [0, 0.1) is 5.92 Å². The zero-order valence-corrected chi connectivity index (χ0v) is 6.73. The summed E-state index contributed by atoms with van der Waals surface area (Å²) in [6, 6.07) is 0. The van der Waals surface area contributed by atoms with Crippen LogP contribution in [-0.4, -0.2) is 18.1 Å². The van der Waals surface area contributed by atoms with E-state index in [1.54, 1.807) is 19.2 Å². The van der Waals surface area contributed by atoms with Gasteiger partial charge in [0.25, 0.3) is 0 Å². The fourth-order valence-electron chi connectivity index (χ4n) is 1.43. The van der Waals surface area contributed by atoms with Crippen molar-refractivity contribution in [3.63, 3.8) is 0 Å². The first-order chi connectivity index (χ1) is 5.79. The number of Topliss-reactive ketones (excluding diaryl/α,β-unsaturated/α-hetero) is 1. The topological polar surface area (TPSA) is 38.7 Å². The Hall–Kier alpha value is -1.38. The molecule has 12 heavy (non-hydrogen) atoms. The molecule has 3 heteroatoms. The van der Waals surface area contributed by atoms with Crippen molar-refractivity contribution in [3.05, 3.63) is 23.8 Å². The molecule has 1 aliphatic heterocycles. The van der Waals surface area contributed by atoms with Crippen LogP contribution in [0.25, 0.3) is 0 Å². The van der Waals surface area contributed by atoms with E-state index < -0.39 is 0 Å². The average molecular weight is 163 g/mol. The number of carbonyl (C=O) groups excluding carboxylic acids is 1. The summed E-state index contributed by atoms with van der Waals surface area (Å²) in [6.07, 6.45) is 7.19. The minimum atomic E-state index is -0.174. The Bertz CT molecular complexity index is 302. The largest absolute Gasteiger partial charge is 0.387 e. The molecule has 0 N–H and O–H groups in total. The first-order valence-corrected chi connectivity index (χ1v) is 3.87. The summed E-state index contributed by atoms with van der Waals surface area (Å²) in [5, 5.41) is 3.69. The first-order valence-electron chi connectivity index (χ1n) is 3.87. The van der Waals surface area contributed by atoms with E-state index in [1.807, 2.05) is 12.2 Å². The van der Waals surface area contributed by atoms with Crippen molar-refractivity contribution in [3.8, 4) is 0 Å². The highest BCUT2D eigenvalue weighted by atomic mass is 16.6. The standard InChI is InChI=1S/C9H9NO2/c1-6(11)8-4-2-3-7-5-10-12-9(7)8/h2-5,7,9H,1H3. The van der Waals surface area contributed by atoms with Crippen molar-refractivity contribution in [1.29, 1.82) is 0 Å². The molecule has 0 fully saturated rings. The summed E-state index contributed by atoms with van der Waals surface area (Å²) >= 11 is 0. The van der Waals surface area contributed by atoms with Crippen molar-refractivity contribution in [2.24, 2.45) is 11.1 Å². The average Bonchev–Trinajstić information content (AvgIpc) is 2.49. The van der Waals surface area contributed by atoms with Gasteiger partial charge in [-0.1, -0.05) is 23.4 Å². The van der Waals surface area contributed by atoms with Crippen LogP contribution in [0.1, 0.15) is 6.92 Å². The van der Waals surface area contributed by atoms with Crippen LogP contribution in [0.4, 0.5) is 0 Å². The van der Waals surface area contributed by atoms with Crippen molar-refractivity contribution in [2.75, 3.05) is 0 Å². The molecule has 62 valence electrons. The number of hydrogen-bond donors (Lipinski definition) is 0. The number of rotatable bonds is 1.